The highest BCUT2D eigenvalue weighted by atomic mass is 31.2. The minimum Gasteiger partial charge on any atom is -0.497 e. The van der Waals surface area contributed by atoms with Gasteiger partial charge in [-0.05, 0) is 92.9 Å². The first-order chi connectivity index (χ1) is 35.4. The monoisotopic (exact) mass is 1020 g/mol. The molecule has 0 aromatic heterocycles. The van der Waals surface area contributed by atoms with E-state index >= 15 is 0 Å². The molecule has 6 atom stereocenters. The van der Waals surface area contributed by atoms with Crippen LogP contribution in [-0.4, -0.2) is 126 Å². The van der Waals surface area contributed by atoms with Crippen LogP contribution in [0.1, 0.15) is 72.0 Å². The number of rotatable bonds is 27. The van der Waals surface area contributed by atoms with E-state index in [1.807, 2.05) is 107 Å². The molecule has 17 heteroatoms. The first-order valence-electron chi connectivity index (χ1n) is 24.2. The number of carbonyl (C=O) groups excluding carboxylic acids is 3. The lowest BCUT2D eigenvalue weighted by Gasteiger charge is -2.45. The van der Waals surface area contributed by atoms with Crippen molar-refractivity contribution in [2.75, 3.05) is 60.4 Å². The summed E-state index contributed by atoms with van der Waals surface area (Å²) in [4.78, 5) is 44.2. The van der Waals surface area contributed by atoms with Crippen LogP contribution in [0.2, 0.25) is 0 Å². The van der Waals surface area contributed by atoms with E-state index in [9.17, 15) is 14.4 Å². The molecule has 0 saturated carbocycles. The molecule has 1 heterocycles. The summed E-state index contributed by atoms with van der Waals surface area (Å²) in [6.45, 7) is 16.5. The lowest BCUT2D eigenvalue weighted by atomic mass is 9.80. The maximum atomic E-state index is 14.1. The third kappa shape index (κ3) is 15.2. The van der Waals surface area contributed by atoms with E-state index in [0.29, 0.717) is 17.1 Å². The van der Waals surface area contributed by atoms with Crippen LogP contribution >= 0.6 is 8.53 Å². The second kappa shape index (κ2) is 28.3. The van der Waals surface area contributed by atoms with Gasteiger partial charge in [0.15, 0.2) is 12.4 Å². The number of ether oxygens (including phenoxy) is 8. The van der Waals surface area contributed by atoms with Gasteiger partial charge in [0.25, 0.3) is 8.53 Å². The highest BCUT2D eigenvalue weighted by Gasteiger charge is 2.51. The quantitative estimate of drug-likeness (QED) is 0.0174. The van der Waals surface area contributed by atoms with E-state index in [1.54, 1.807) is 74.9 Å². The molecule has 6 rings (SSSR count). The summed E-state index contributed by atoms with van der Waals surface area (Å²) in [5, 5.41) is 2.92. The third-order valence-electron chi connectivity index (χ3n) is 11.8. The SMILES string of the molecule is [C-]#[N+]CCOP(OCCOC1C(COC(=O)c2ccccc2)OC(OCCOC(c2ccccc2)(c2ccc(OC)cc2)c2ccc(OC)cc2)C(NC(C)=O)C1OC(=O)c1ccccc1)N(C(C)C)C(C)C. The standard InChI is InChI=1S/C56H66N3O13P/c1-39(2)59(40(3)4)73(69-33-32-57-6)70-37-35-65-51-49(38-67-53(61)42-18-12-9-13-19-42)71-55(50(58-41(5)60)52(51)72-54(62)43-20-14-10-15-21-43)66-34-36-68-56(44-22-16-11-17-23-44,45-24-28-47(63-7)29-25-45)46-26-30-48(64-8)31-27-46/h9-31,39-40,49-52,55H,32-38H2,1-5,7-8H3,(H,58,60). The molecule has 0 spiro atoms. The fourth-order valence-electron chi connectivity index (χ4n) is 8.53. The molecule has 1 aliphatic heterocycles. The number of hydrogen-bond donors (Lipinski definition) is 1. The lowest BCUT2D eigenvalue weighted by Crippen LogP contribution is -2.66. The minimum absolute atomic E-state index is 0.0136. The van der Waals surface area contributed by atoms with Gasteiger partial charge in [0.2, 0.25) is 12.5 Å². The Hall–Kier alpha value is -6.25. The van der Waals surface area contributed by atoms with E-state index in [2.05, 4.69) is 14.8 Å². The van der Waals surface area contributed by atoms with Crippen molar-refractivity contribution < 1.29 is 61.3 Å². The Morgan fingerprint density at radius 3 is 1.68 bits per heavy atom. The molecule has 1 N–H and O–H groups in total. The van der Waals surface area contributed by atoms with Crippen LogP contribution < -0.4 is 14.8 Å². The van der Waals surface area contributed by atoms with Crippen LogP contribution in [0.4, 0.5) is 0 Å². The van der Waals surface area contributed by atoms with Crippen LogP contribution in [0.5, 0.6) is 11.5 Å². The fourth-order valence-corrected chi connectivity index (χ4v) is 10.1. The van der Waals surface area contributed by atoms with Crippen molar-refractivity contribution in [3.63, 3.8) is 0 Å². The number of hydrogen-bond acceptors (Lipinski definition) is 14. The number of benzene rings is 5. The molecule has 0 aliphatic carbocycles. The average molecular weight is 1020 g/mol. The summed E-state index contributed by atoms with van der Waals surface area (Å²) in [6.07, 6.45) is -4.87. The van der Waals surface area contributed by atoms with Crippen LogP contribution in [0.15, 0.2) is 140 Å². The van der Waals surface area contributed by atoms with Crippen LogP contribution in [0.3, 0.4) is 0 Å². The Morgan fingerprint density at radius 2 is 1.16 bits per heavy atom. The second-order valence-corrected chi connectivity index (χ2v) is 18.8. The topological polar surface area (TPSA) is 163 Å². The normalized spacial score (nSPS) is 18.2. The van der Waals surface area contributed by atoms with Crippen molar-refractivity contribution >= 4 is 26.4 Å². The van der Waals surface area contributed by atoms with Crippen LogP contribution in [-0.2, 0) is 47.9 Å². The summed E-state index contributed by atoms with van der Waals surface area (Å²) in [7, 11) is 1.59. The smallest absolute Gasteiger partial charge is 0.338 e. The number of nitrogens with one attached hydrogen (secondary N) is 1. The second-order valence-electron chi connectivity index (χ2n) is 17.4. The van der Waals surface area contributed by atoms with Crippen molar-refractivity contribution in [3.05, 3.63) is 179 Å². The maximum absolute atomic E-state index is 14.1. The molecule has 5 aromatic rings. The Labute approximate surface area is 429 Å². The zero-order valence-corrected chi connectivity index (χ0v) is 43.3. The molecule has 0 radical (unpaired) electrons. The van der Waals surface area contributed by atoms with Gasteiger partial charge in [0, 0.05) is 19.0 Å². The number of amides is 1. The molecular weight excluding hydrogens is 954 g/mol. The molecule has 73 heavy (non-hydrogen) atoms. The molecule has 1 amide bonds. The van der Waals surface area contributed by atoms with Gasteiger partial charge in [0.1, 0.15) is 48.6 Å². The predicted octanol–water partition coefficient (Wildman–Crippen LogP) is 9.02. The number of nitrogens with zero attached hydrogens (tertiary/aromatic N) is 2. The van der Waals surface area contributed by atoms with Gasteiger partial charge in [0.05, 0.1) is 51.8 Å². The summed E-state index contributed by atoms with van der Waals surface area (Å²) in [5.74, 6) is -0.471. The molecule has 5 aromatic carbocycles. The molecular formula is C56H66N3O13P. The Balaban J connectivity index is 1.34. The summed E-state index contributed by atoms with van der Waals surface area (Å²) >= 11 is 0. The highest BCUT2D eigenvalue weighted by Crippen LogP contribution is 2.46. The van der Waals surface area contributed by atoms with Crippen molar-refractivity contribution in [2.24, 2.45) is 0 Å². The lowest BCUT2D eigenvalue weighted by molar-refractivity contribution is -0.280. The van der Waals surface area contributed by atoms with Crippen molar-refractivity contribution in [2.45, 2.75) is 82.9 Å². The van der Waals surface area contributed by atoms with Gasteiger partial charge in [-0.2, -0.15) is 0 Å². The van der Waals surface area contributed by atoms with Crippen LogP contribution in [0, 0.1) is 6.57 Å². The predicted molar refractivity (Wildman–Crippen MR) is 275 cm³/mol. The first kappa shape index (κ1) is 56.1. The number of carbonyl (C=O) groups is 3. The molecule has 6 unspecified atom stereocenters. The van der Waals surface area contributed by atoms with E-state index in [-0.39, 0.29) is 63.8 Å². The van der Waals surface area contributed by atoms with E-state index in [0.717, 1.165) is 16.7 Å². The molecule has 1 saturated heterocycles. The van der Waals surface area contributed by atoms with Gasteiger partial charge >= 0.3 is 11.9 Å². The first-order valence-corrected chi connectivity index (χ1v) is 25.3. The van der Waals surface area contributed by atoms with Gasteiger partial charge in [-0.3, -0.25) is 4.79 Å². The van der Waals surface area contributed by atoms with Gasteiger partial charge in [-0.1, -0.05) is 91.0 Å². The molecule has 1 fully saturated rings. The van der Waals surface area contributed by atoms with Gasteiger partial charge in [-0.15, -0.1) is 0 Å². The average Bonchev–Trinajstić information content (AvgIpc) is 3.41. The fraction of sp³-hybridized carbons (Fsp3) is 0.393. The molecule has 16 nitrogen and oxygen atoms in total. The van der Waals surface area contributed by atoms with E-state index < -0.39 is 62.6 Å². The Bertz CT molecular complexity index is 2440. The van der Waals surface area contributed by atoms with E-state index in [4.69, 9.17) is 53.5 Å². The summed E-state index contributed by atoms with van der Waals surface area (Å²) in [5.41, 5.74) is 1.80. The minimum atomic E-state index is -1.62. The zero-order chi connectivity index (χ0) is 52.2. The number of esters is 2. The van der Waals surface area contributed by atoms with Crippen LogP contribution in [0.25, 0.3) is 4.85 Å². The largest absolute Gasteiger partial charge is 0.497 e. The third-order valence-corrected chi connectivity index (χ3v) is 13.9. The van der Waals surface area contributed by atoms with Crippen molar-refractivity contribution in [1.29, 1.82) is 0 Å². The van der Waals surface area contributed by atoms with Crippen molar-refractivity contribution in [3.8, 4) is 11.5 Å². The molecule has 388 valence electrons. The maximum Gasteiger partial charge on any atom is 0.338 e. The summed E-state index contributed by atoms with van der Waals surface area (Å²) < 4.78 is 64.7. The van der Waals surface area contributed by atoms with Crippen molar-refractivity contribution in [1.82, 2.24) is 9.99 Å². The Kier molecular flexibility index (Phi) is 21.7. The number of methoxy groups -OCH3 is 2. The highest BCUT2D eigenvalue weighted by molar-refractivity contribution is 7.44. The van der Waals surface area contributed by atoms with E-state index in [1.165, 1.54) is 6.92 Å². The Morgan fingerprint density at radius 1 is 0.658 bits per heavy atom. The molecule has 1 aliphatic rings. The van der Waals surface area contributed by atoms with Gasteiger partial charge in [-0.25, -0.2) is 20.8 Å². The zero-order valence-electron chi connectivity index (χ0n) is 42.4. The summed E-state index contributed by atoms with van der Waals surface area (Å²) in [6, 6.07) is 40.9. The van der Waals surface area contributed by atoms with Gasteiger partial charge < -0.3 is 57.1 Å². The molecule has 0 bridgehead atoms.